The fourth-order valence-corrected chi connectivity index (χ4v) is 3.13. The molecule has 0 radical (unpaired) electrons. The van der Waals surface area contributed by atoms with Crippen LogP contribution in [-0.4, -0.2) is 36.6 Å². The molecule has 0 bridgehead atoms. The largest absolute Gasteiger partial charge is 0.489 e. The van der Waals surface area contributed by atoms with Crippen molar-refractivity contribution in [2.75, 3.05) is 13.7 Å². The Labute approximate surface area is 159 Å². The molecule has 2 aromatic carbocycles. The van der Waals surface area contributed by atoms with Crippen molar-refractivity contribution in [3.05, 3.63) is 65.7 Å². The van der Waals surface area contributed by atoms with Crippen molar-refractivity contribution in [3.8, 4) is 5.75 Å². The monoisotopic (exact) mass is 368 g/mol. The van der Waals surface area contributed by atoms with Gasteiger partial charge in [0.15, 0.2) is 0 Å². The van der Waals surface area contributed by atoms with Gasteiger partial charge in [-0.3, -0.25) is 9.69 Å². The number of ether oxygens (including phenoxy) is 2. The lowest BCUT2D eigenvalue weighted by molar-refractivity contribution is -0.125. The van der Waals surface area contributed by atoms with Gasteiger partial charge in [-0.2, -0.15) is 0 Å². The Hall–Kier alpha value is -3.02. The van der Waals surface area contributed by atoms with E-state index in [1.807, 2.05) is 54.6 Å². The van der Waals surface area contributed by atoms with Gasteiger partial charge in [0.2, 0.25) is 5.91 Å². The fourth-order valence-electron chi connectivity index (χ4n) is 3.13. The van der Waals surface area contributed by atoms with Crippen molar-refractivity contribution < 1.29 is 19.1 Å². The molecule has 1 unspecified atom stereocenters. The Balaban J connectivity index is 1.48. The van der Waals surface area contributed by atoms with Gasteiger partial charge in [0.05, 0.1) is 7.11 Å². The summed E-state index contributed by atoms with van der Waals surface area (Å²) >= 11 is 0. The highest BCUT2D eigenvalue weighted by molar-refractivity contribution is 5.86. The summed E-state index contributed by atoms with van der Waals surface area (Å²) in [6.45, 7) is 1.48. The molecular weight excluding hydrogens is 344 g/mol. The summed E-state index contributed by atoms with van der Waals surface area (Å²) in [7, 11) is 1.33. The molecule has 1 N–H and O–H groups in total. The number of rotatable bonds is 6. The second kappa shape index (κ2) is 9.07. The van der Waals surface area contributed by atoms with Crippen molar-refractivity contribution in [3.63, 3.8) is 0 Å². The fraction of sp³-hybridized carbons (Fsp3) is 0.333. The Kier molecular flexibility index (Phi) is 6.30. The van der Waals surface area contributed by atoms with E-state index < -0.39 is 12.1 Å². The molecule has 2 amide bonds. The zero-order valence-electron chi connectivity index (χ0n) is 15.4. The van der Waals surface area contributed by atoms with E-state index in [9.17, 15) is 9.59 Å². The van der Waals surface area contributed by atoms with Crippen LogP contribution in [0.3, 0.4) is 0 Å². The summed E-state index contributed by atoms with van der Waals surface area (Å²) < 4.78 is 10.5. The Morgan fingerprint density at radius 2 is 1.81 bits per heavy atom. The topological polar surface area (TPSA) is 67.9 Å². The average Bonchev–Trinajstić information content (AvgIpc) is 3.21. The maximum atomic E-state index is 12.4. The van der Waals surface area contributed by atoms with Crippen LogP contribution in [0.5, 0.6) is 5.75 Å². The van der Waals surface area contributed by atoms with E-state index in [1.54, 1.807) is 0 Å². The van der Waals surface area contributed by atoms with Crippen molar-refractivity contribution in [2.24, 2.45) is 0 Å². The minimum Gasteiger partial charge on any atom is -0.489 e. The lowest BCUT2D eigenvalue weighted by Crippen LogP contribution is -2.45. The number of likely N-dealkylation sites (tertiary alicyclic amines) is 1. The minimum atomic E-state index is -0.453. The SMILES string of the molecule is COC(=O)N1CCCC1C(=O)NCc1ccc(OCc2ccccc2)cc1. The molecule has 0 saturated carbocycles. The lowest BCUT2D eigenvalue weighted by Gasteiger charge is -2.22. The van der Waals surface area contributed by atoms with Gasteiger partial charge >= 0.3 is 6.09 Å². The predicted octanol–water partition coefficient (Wildman–Crippen LogP) is 3.11. The van der Waals surface area contributed by atoms with Crippen LogP contribution in [0.2, 0.25) is 0 Å². The highest BCUT2D eigenvalue weighted by atomic mass is 16.5. The summed E-state index contributed by atoms with van der Waals surface area (Å²) in [6.07, 6.45) is 1.01. The van der Waals surface area contributed by atoms with Gasteiger partial charge in [-0.1, -0.05) is 42.5 Å². The zero-order chi connectivity index (χ0) is 19.1. The number of nitrogens with one attached hydrogen (secondary N) is 1. The van der Waals surface area contributed by atoms with E-state index in [0.29, 0.717) is 26.1 Å². The number of benzene rings is 2. The zero-order valence-corrected chi connectivity index (χ0v) is 15.4. The molecule has 142 valence electrons. The number of carbonyl (C=O) groups excluding carboxylic acids is 2. The summed E-state index contributed by atoms with van der Waals surface area (Å²) in [5, 5.41) is 2.90. The van der Waals surface area contributed by atoms with E-state index in [4.69, 9.17) is 9.47 Å². The first-order valence-corrected chi connectivity index (χ1v) is 9.05. The minimum absolute atomic E-state index is 0.151. The number of hydrogen-bond acceptors (Lipinski definition) is 4. The molecule has 1 aliphatic heterocycles. The van der Waals surface area contributed by atoms with Gasteiger partial charge in [0.1, 0.15) is 18.4 Å². The number of methoxy groups -OCH3 is 1. The molecule has 1 aliphatic rings. The van der Waals surface area contributed by atoms with E-state index in [0.717, 1.165) is 23.3 Å². The van der Waals surface area contributed by atoms with Crippen LogP contribution in [0.4, 0.5) is 4.79 Å². The summed E-state index contributed by atoms with van der Waals surface area (Å²) in [4.78, 5) is 25.6. The van der Waals surface area contributed by atoms with Gasteiger partial charge < -0.3 is 14.8 Å². The first-order chi connectivity index (χ1) is 13.2. The van der Waals surface area contributed by atoms with Crippen LogP contribution in [0.15, 0.2) is 54.6 Å². The van der Waals surface area contributed by atoms with Crippen LogP contribution >= 0.6 is 0 Å². The number of nitrogens with zero attached hydrogens (tertiary/aromatic N) is 1. The Morgan fingerprint density at radius 3 is 2.52 bits per heavy atom. The summed E-state index contributed by atoms with van der Waals surface area (Å²) in [5.74, 6) is 0.629. The van der Waals surface area contributed by atoms with E-state index >= 15 is 0 Å². The average molecular weight is 368 g/mol. The van der Waals surface area contributed by atoms with Gasteiger partial charge in [-0.25, -0.2) is 4.79 Å². The van der Waals surface area contributed by atoms with Crippen molar-refractivity contribution >= 4 is 12.0 Å². The second-order valence-corrected chi connectivity index (χ2v) is 6.46. The third-order valence-corrected chi connectivity index (χ3v) is 4.60. The summed E-state index contributed by atoms with van der Waals surface area (Å²) in [6, 6.07) is 17.2. The Bertz CT molecular complexity index is 762. The van der Waals surface area contributed by atoms with Crippen molar-refractivity contribution in [2.45, 2.75) is 32.0 Å². The van der Waals surface area contributed by atoms with E-state index in [1.165, 1.54) is 12.0 Å². The highest BCUT2D eigenvalue weighted by Crippen LogP contribution is 2.19. The van der Waals surface area contributed by atoms with Crippen LogP contribution in [0.1, 0.15) is 24.0 Å². The quantitative estimate of drug-likeness (QED) is 0.851. The molecule has 1 heterocycles. The molecular formula is C21H24N2O4. The normalized spacial score (nSPS) is 16.0. The first kappa shape index (κ1) is 18.8. The third kappa shape index (κ3) is 5.00. The van der Waals surface area contributed by atoms with Crippen LogP contribution < -0.4 is 10.1 Å². The molecule has 0 aromatic heterocycles. The molecule has 2 aromatic rings. The predicted molar refractivity (Wildman–Crippen MR) is 101 cm³/mol. The lowest BCUT2D eigenvalue weighted by atomic mass is 10.2. The molecule has 1 saturated heterocycles. The molecule has 1 fully saturated rings. The maximum absolute atomic E-state index is 12.4. The molecule has 3 rings (SSSR count). The number of amides is 2. The van der Waals surface area contributed by atoms with Gasteiger partial charge in [-0.15, -0.1) is 0 Å². The molecule has 1 atom stereocenters. The number of carbonyl (C=O) groups is 2. The van der Waals surface area contributed by atoms with Crippen molar-refractivity contribution in [1.29, 1.82) is 0 Å². The van der Waals surface area contributed by atoms with E-state index in [-0.39, 0.29) is 5.91 Å². The molecule has 0 aliphatic carbocycles. The van der Waals surface area contributed by atoms with Gasteiger partial charge in [0, 0.05) is 13.1 Å². The summed E-state index contributed by atoms with van der Waals surface area (Å²) in [5.41, 5.74) is 2.08. The molecule has 0 spiro atoms. The van der Waals surface area contributed by atoms with E-state index in [2.05, 4.69) is 5.32 Å². The standard InChI is InChI=1S/C21H24N2O4/c1-26-21(25)23-13-5-8-19(23)20(24)22-14-16-9-11-18(12-10-16)27-15-17-6-3-2-4-7-17/h2-4,6-7,9-12,19H,5,8,13-15H2,1H3,(H,22,24). The van der Waals surface area contributed by atoms with Crippen LogP contribution in [0.25, 0.3) is 0 Å². The number of hydrogen-bond donors (Lipinski definition) is 1. The highest BCUT2D eigenvalue weighted by Gasteiger charge is 2.34. The smallest absolute Gasteiger partial charge is 0.410 e. The van der Waals surface area contributed by atoms with Gasteiger partial charge in [0.25, 0.3) is 0 Å². The third-order valence-electron chi connectivity index (χ3n) is 4.60. The van der Waals surface area contributed by atoms with Gasteiger partial charge in [-0.05, 0) is 36.1 Å². The maximum Gasteiger partial charge on any atom is 0.410 e. The van der Waals surface area contributed by atoms with Crippen molar-refractivity contribution in [1.82, 2.24) is 10.2 Å². The Morgan fingerprint density at radius 1 is 1.07 bits per heavy atom. The first-order valence-electron chi connectivity index (χ1n) is 9.05. The molecule has 6 nitrogen and oxygen atoms in total. The molecule has 6 heteroatoms. The second-order valence-electron chi connectivity index (χ2n) is 6.46. The molecule has 27 heavy (non-hydrogen) atoms. The van der Waals surface area contributed by atoms with Crippen LogP contribution in [-0.2, 0) is 22.7 Å². The van der Waals surface area contributed by atoms with Crippen LogP contribution in [0, 0.1) is 0 Å².